The zero-order valence-electron chi connectivity index (χ0n) is 12.8. The van der Waals surface area contributed by atoms with E-state index in [0.717, 1.165) is 28.4 Å². The molecule has 0 saturated carbocycles. The molecular formula is C17H21NO3. The lowest BCUT2D eigenvalue weighted by molar-refractivity contribution is 0.388. The second-order valence-corrected chi connectivity index (χ2v) is 4.60. The van der Waals surface area contributed by atoms with E-state index in [1.54, 1.807) is 21.3 Å². The average molecular weight is 287 g/mol. The molecule has 2 aromatic rings. The molecule has 0 aliphatic carbocycles. The first kappa shape index (κ1) is 15.2. The summed E-state index contributed by atoms with van der Waals surface area (Å²) in [5, 5.41) is 3.32. The Morgan fingerprint density at radius 2 is 1.43 bits per heavy atom. The minimum atomic E-state index is 0.0387. The minimum Gasteiger partial charge on any atom is -0.497 e. The molecule has 21 heavy (non-hydrogen) atoms. The van der Waals surface area contributed by atoms with Crippen molar-refractivity contribution in [1.29, 1.82) is 0 Å². The Bertz CT molecular complexity index is 581. The smallest absolute Gasteiger partial charge is 0.127 e. The summed E-state index contributed by atoms with van der Waals surface area (Å²) in [5.74, 6) is 2.42. The van der Waals surface area contributed by atoms with Crippen molar-refractivity contribution in [2.75, 3.05) is 28.4 Å². The highest BCUT2D eigenvalue weighted by Crippen LogP contribution is 2.33. The Labute approximate surface area is 125 Å². The standard InChI is InChI=1S/C17H21NO3/c1-18-17(12-5-7-13(19-2)8-6-12)15-10-9-14(20-3)11-16(15)21-4/h5-11,17-18H,1-4H3. The average Bonchev–Trinajstić information content (AvgIpc) is 2.56. The molecule has 4 heteroatoms. The highest BCUT2D eigenvalue weighted by Gasteiger charge is 2.17. The van der Waals surface area contributed by atoms with Gasteiger partial charge in [-0.1, -0.05) is 12.1 Å². The number of hydrogen-bond acceptors (Lipinski definition) is 4. The number of rotatable bonds is 6. The van der Waals surface area contributed by atoms with Gasteiger partial charge in [0.15, 0.2) is 0 Å². The molecule has 0 aromatic heterocycles. The van der Waals surface area contributed by atoms with E-state index in [4.69, 9.17) is 14.2 Å². The molecule has 4 nitrogen and oxygen atoms in total. The van der Waals surface area contributed by atoms with E-state index in [-0.39, 0.29) is 6.04 Å². The molecule has 0 bridgehead atoms. The van der Waals surface area contributed by atoms with Crippen LogP contribution in [0.3, 0.4) is 0 Å². The minimum absolute atomic E-state index is 0.0387. The molecule has 112 valence electrons. The van der Waals surface area contributed by atoms with Crippen LogP contribution in [0.1, 0.15) is 17.2 Å². The first-order chi connectivity index (χ1) is 10.2. The summed E-state index contributed by atoms with van der Waals surface area (Å²) in [4.78, 5) is 0. The summed E-state index contributed by atoms with van der Waals surface area (Å²) in [6, 6.07) is 13.9. The van der Waals surface area contributed by atoms with Crippen molar-refractivity contribution in [2.24, 2.45) is 0 Å². The zero-order chi connectivity index (χ0) is 15.2. The van der Waals surface area contributed by atoms with E-state index in [1.165, 1.54) is 0 Å². The number of methoxy groups -OCH3 is 3. The highest BCUT2D eigenvalue weighted by atomic mass is 16.5. The van der Waals surface area contributed by atoms with Crippen LogP contribution < -0.4 is 19.5 Å². The second kappa shape index (κ2) is 6.99. The molecule has 0 spiro atoms. The molecule has 0 amide bonds. The SMILES string of the molecule is CNC(c1ccc(OC)cc1)c1ccc(OC)cc1OC. The fourth-order valence-corrected chi connectivity index (χ4v) is 2.36. The highest BCUT2D eigenvalue weighted by molar-refractivity contribution is 5.46. The van der Waals surface area contributed by atoms with Gasteiger partial charge in [-0.2, -0.15) is 0 Å². The Kier molecular flexibility index (Phi) is 5.06. The molecule has 2 aromatic carbocycles. The second-order valence-electron chi connectivity index (χ2n) is 4.60. The van der Waals surface area contributed by atoms with Crippen molar-refractivity contribution in [1.82, 2.24) is 5.32 Å². The van der Waals surface area contributed by atoms with Crippen LogP contribution in [-0.4, -0.2) is 28.4 Å². The van der Waals surface area contributed by atoms with Crippen molar-refractivity contribution in [3.8, 4) is 17.2 Å². The lowest BCUT2D eigenvalue weighted by Gasteiger charge is -2.20. The fourth-order valence-electron chi connectivity index (χ4n) is 2.36. The monoisotopic (exact) mass is 287 g/mol. The summed E-state index contributed by atoms with van der Waals surface area (Å²) in [6.07, 6.45) is 0. The quantitative estimate of drug-likeness (QED) is 0.886. The Morgan fingerprint density at radius 1 is 0.810 bits per heavy atom. The molecule has 2 rings (SSSR count). The molecule has 1 N–H and O–H groups in total. The van der Waals surface area contributed by atoms with Crippen LogP contribution in [-0.2, 0) is 0 Å². The third-order valence-electron chi connectivity index (χ3n) is 3.49. The first-order valence-corrected chi connectivity index (χ1v) is 6.76. The first-order valence-electron chi connectivity index (χ1n) is 6.76. The predicted octanol–water partition coefficient (Wildman–Crippen LogP) is 3.02. The van der Waals surface area contributed by atoms with Gasteiger partial charge in [-0.15, -0.1) is 0 Å². The van der Waals surface area contributed by atoms with Crippen LogP contribution >= 0.6 is 0 Å². The molecule has 0 fully saturated rings. The lowest BCUT2D eigenvalue weighted by Crippen LogP contribution is -2.18. The normalized spacial score (nSPS) is 11.8. The van der Waals surface area contributed by atoms with Crippen LogP contribution in [0.4, 0.5) is 0 Å². The number of nitrogens with one attached hydrogen (secondary N) is 1. The lowest BCUT2D eigenvalue weighted by atomic mass is 9.97. The van der Waals surface area contributed by atoms with Crippen LogP contribution in [0.5, 0.6) is 17.2 Å². The van der Waals surface area contributed by atoms with E-state index in [0.29, 0.717) is 0 Å². The number of benzene rings is 2. The van der Waals surface area contributed by atoms with Gasteiger partial charge < -0.3 is 19.5 Å². The Morgan fingerprint density at radius 3 is 1.95 bits per heavy atom. The van der Waals surface area contributed by atoms with Crippen LogP contribution in [0.2, 0.25) is 0 Å². The molecular weight excluding hydrogens is 266 g/mol. The van der Waals surface area contributed by atoms with Crippen LogP contribution in [0.25, 0.3) is 0 Å². The van der Waals surface area contributed by atoms with E-state index in [9.17, 15) is 0 Å². The Hall–Kier alpha value is -2.20. The summed E-state index contributed by atoms with van der Waals surface area (Å²) in [6.45, 7) is 0. The van der Waals surface area contributed by atoms with Gasteiger partial charge in [-0.25, -0.2) is 0 Å². The molecule has 0 radical (unpaired) electrons. The summed E-state index contributed by atoms with van der Waals surface area (Å²) >= 11 is 0. The van der Waals surface area contributed by atoms with Gasteiger partial charge in [0, 0.05) is 11.6 Å². The van der Waals surface area contributed by atoms with Gasteiger partial charge in [-0.3, -0.25) is 0 Å². The van der Waals surface area contributed by atoms with Gasteiger partial charge in [0.2, 0.25) is 0 Å². The van der Waals surface area contributed by atoms with Crippen molar-refractivity contribution < 1.29 is 14.2 Å². The largest absolute Gasteiger partial charge is 0.497 e. The summed E-state index contributed by atoms with van der Waals surface area (Å²) < 4.78 is 15.9. The molecule has 0 saturated heterocycles. The van der Waals surface area contributed by atoms with Crippen molar-refractivity contribution in [3.05, 3.63) is 53.6 Å². The summed E-state index contributed by atoms with van der Waals surface area (Å²) in [5.41, 5.74) is 2.20. The fraction of sp³-hybridized carbons (Fsp3) is 0.294. The molecule has 0 heterocycles. The topological polar surface area (TPSA) is 39.7 Å². The van der Waals surface area contributed by atoms with Gasteiger partial charge >= 0.3 is 0 Å². The Balaban J connectivity index is 2.40. The van der Waals surface area contributed by atoms with E-state index in [1.807, 2.05) is 49.5 Å². The van der Waals surface area contributed by atoms with E-state index >= 15 is 0 Å². The molecule has 1 unspecified atom stereocenters. The third kappa shape index (κ3) is 3.28. The molecule has 1 atom stereocenters. The molecule has 0 aliphatic rings. The van der Waals surface area contributed by atoms with Gasteiger partial charge in [0.05, 0.1) is 27.4 Å². The zero-order valence-corrected chi connectivity index (χ0v) is 12.8. The maximum atomic E-state index is 5.49. The maximum absolute atomic E-state index is 5.49. The van der Waals surface area contributed by atoms with Crippen LogP contribution in [0, 0.1) is 0 Å². The van der Waals surface area contributed by atoms with Crippen molar-refractivity contribution >= 4 is 0 Å². The maximum Gasteiger partial charge on any atom is 0.127 e. The number of ether oxygens (including phenoxy) is 3. The van der Waals surface area contributed by atoms with Crippen LogP contribution in [0.15, 0.2) is 42.5 Å². The van der Waals surface area contributed by atoms with Gasteiger partial charge in [-0.05, 0) is 36.9 Å². The van der Waals surface area contributed by atoms with Crippen molar-refractivity contribution in [2.45, 2.75) is 6.04 Å². The predicted molar refractivity (Wildman–Crippen MR) is 83.4 cm³/mol. The van der Waals surface area contributed by atoms with Gasteiger partial charge in [0.25, 0.3) is 0 Å². The summed E-state index contributed by atoms with van der Waals surface area (Å²) in [7, 11) is 6.90. The molecule has 0 aliphatic heterocycles. The van der Waals surface area contributed by atoms with Crippen molar-refractivity contribution in [3.63, 3.8) is 0 Å². The third-order valence-corrected chi connectivity index (χ3v) is 3.49. The van der Waals surface area contributed by atoms with E-state index < -0.39 is 0 Å². The van der Waals surface area contributed by atoms with Gasteiger partial charge in [0.1, 0.15) is 17.2 Å². The number of hydrogen-bond donors (Lipinski definition) is 1. The van der Waals surface area contributed by atoms with E-state index in [2.05, 4.69) is 5.32 Å².